The van der Waals surface area contributed by atoms with Gasteiger partial charge < -0.3 is 10.2 Å². The minimum absolute atomic E-state index is 0.225. The molecule has 1 aliphatic rings. The lowest BCUT2D eigenvalue weighted by molar-refractivity contribution is -0.132. The molecule has 4 heteroatoms. The predicted octanol–water partition coefficient (Wildman–Crippen LogP) is 2.53. The van der Waals surface area contributed by atoms with Crippen LogP contribution >= 0.6 is 0 Å². The maximum absolute atomic E-state index is 12.5. The van der Waals surface area contributed by atoms with E-state index in [0.29, 0.717) is 13.1 Å². The number of carbonyl (C=O) groups is 1. The van der Waals surface area contributed by atoms with E-state index >= 15 is 0 Å². The van der Waals surface area contributed by atoms with Crippen LogP contribution in [-0.4, -0.2) is 56.0 Å². The Labute approximate surface area is 147 Å². The fourth-order valence-electron chi connectivity index (χ4n) is 3.34. The highest BCUT2D eigenvalue weighted by molar-refractivity contribution is 5.78. The number of nitrogens with one attached hydrogen (secondary N) is 1. The maximum atomic E-state index is 12.5. The van der Waals surface area contributed by atoms with Crippen LogP contribution in [0.3, 0.4) is 0 Å². The average Bonchev–Trinajstić information content (AvgIpc) is 2.61. The number of amides is 1. The number of aryl methyl sites for hydroxylation is 1. The molecule has 0 unspecified atom stereocenters. The lowest BCUT2D eigenvalue weighted by atomic mass is 9.93. The zero-order chi connectivity index (χ0) is 17.4. The molecule has 1 aromatic carbocycles. The van der Waals surface area contributed by atoms with E-state index < -0.39 is 0 Å². The molecule has 1 aromatic rings. The fraction of sp³-hybridized carbons (Fsp3) is 0.650. The van der Waals surface area contributed by atoms with Gasteiger partial charge in [-0.3, -0.25) is 9.69 Å². The van der Waals surface area contributed by atoms with Gasteiger partial charge in [-0.2, -0.15) is 0 Å². The summed E-state index contributed by atoms with van der Waals surface area (Å²) in [5, 5.41) is 3.23. The van der Waals surface area contributed by atoms with Crippen LogP contribution < -0.4 is 5.32 Å². The highest BCUT2D eigenvalue weighted by atomic mass is 16.2. The number of nitrogens with zero attached hydrogens (tertiary/aromatic N) is 2. The van der Waals surface area contributed by atoms with Gasteiger partial charge in [0.1, 0.15) is 0 Å². The zero-order valence-corrected chi connectivity index (χ0v) is 15.6. The van der Waals surface area contributed by atoms with Gasteiger partial charge in [0.05, 0.1) is 6.54 Å². The van der Waals surface area contributed by atoms with E-state index in [2.05, 4.69) is 41.4 Å². The SMILES string of the molecule is CCc1ccc(CN(C)C(=O)CN2CCC(CCNC)CC2)cc1. The normalized spacial score (nSPS) is 16.3. The van der Waals surface area contributed by atoms with Crippen molar-refractivity contribution >= 4 is 5.91 Å². The summed E-state index contributed by atoms with van der Waals surface area (Å²) in [6.45, 7) is 6.62. The Morgan fingerprint density at radius 1 is 1.21 bits per heavy atom. The summed E-state index contributed by atoms with van der Waals surface area (Å²) < 4.78 is 0. The molecule has 4 nitrogen and oxygen atoms in total. The Morgan fingerprint density at radius 2 is 1.83 bits per heavy atom. The van der Waals surface area contributed by atoms with Crippen molar-refractivity contribution in [3.63, 3.8) is 0 Å². The molecule has 24 heavy (non-hydrogen) atoms. The molecule has 0 saturated carbocycles. The molecule has 1 saturated heterocycles. The van der Waals surface area contributed by atoms with Crippen LogP contribution in [-0.2, 0) is 17.8 Å². The average molecular weight is 332 g/mol. The summed E-state index contributed by atoms with van der Waals surface area (Å²) in [7, 11) is 3.93. The van der Waals surface area contributed by atoms with Crippen LogP contribution in [0, 0.1) is 5.92 Å². The smallest absolute Gasteiger partial charge is 0.236 e. The first-order valence-electron chi connectivity index (χ1n) is 9.31. The largest absolute Gasteiger partial charge is 0.340 e. The van der Waals surface area contributed by atoms with Gasteiger partial charge >= 0.3 is 0 Å². The summed E-state index contributed by atoms with van der Waals surface area (Å²) in [6, 6.07) is 8.58. The van der Waals surface area contributed by atoms with Crippen molar-refractivity contribution < 1.29 is 4.79 Å². The monoisotopic (exact) mass is 331 g/mol. The maximum Gasteiger partial charge on any atom is 0.236 e. The Hall–Kier alpha value is -1.39. The third-order valence-electron chi connectivity index (χ3n) is 5.15. The molecule has 0 bridgehead atoms. The second-order valence-electron chi connectivity index (χ2n) is 7.03. The Morgan fingerprint density at radius 3 is 2.42 bits per heavy atom. The summed E-state index contributed by atoms with van der Waals surface area (Å²) in [5.74, 6) is 1.04. The second kappa shape index (κ2) is 9.80. The van der Waals surface area contributed by atoms with E-state index in [1.165, 1.54) is 30.4 Å². The molecule has 0 radical (unpaired) electrons. The molecule has 134 valence electrons. The van der Waals surface area contributed by atoms with Gasteiger partial charge in [-0.15, -0.1) is 0 Å². The second-order valence-corrected chi connectivity index (χ2v) is 7.03. The predicted molar refractivity (Wildman–Crippen MR) is 100 cm³/mol. The fourth-order valence-corrected chi connectivity index (χ4v) is 3.34. The van der Waals surface area contributed by atoms with Crippen molar-refractivity contribution in [3.05, 3.63) is 35.4 Å². The molecule has 0 spiro atoms. The van der Waals surface area contributed by atoms with Crippen molar-refractivity contribution in [1.82, 2.24) is 15.1 Å². The van der Waals surface area contributed by atoms with Crippen LogP contribution in [0.1, 0.15) is 37.3 Å². The van der Waals surface area contributed by atoms with E-state index in [1.807, 2.05) is 19.0 Å². The van der Waals surface area contributed by atoms with Gasteiger partial charge in [0.2, 0.25) is 5.91 Å². The number of hydrogen-bond donors (Lipinski definition) is 1. The summed E-state index contributed by atoms with van der Waals surface area (Å²) in [6.07, 6.45) is 4.75. The molecule has 0 aliphatic carbocycles. The van der Waals surface area contributed by atoms with Crippen molar-refractivity contribution in [3.8, 4) is 0 Å². The van der Waals surface area contributed by atoms with Gasteiger partial charge in [-0.25, -0.2) is 0 Å². The Bertz CT molecular complexity index is 492. The number of rotatable bonds is 8. The van der Waals surface area contributed by atoms with Gasteiger partial charge in [-0.05, 0) is 69.4 Å². The van der Waals surface area contributed by atoms with Crippen LogP contribution in [0.4, 0.5) is 0 Å². The molecule has 0 atom stereocenters. The van der Waals surface area contributed by atoms with E-state index in [1.54, 1.807) is 0 Å². The van der Waals surface area contributed by atoms with Gasteiger partial charge in [0.15, 0.2) is 0 Å². The number of carbonyl (C=O) groups excluding carboxylic acids is 1. The van der Waals surface area contributed by atoms with Crippen LogP contribution in [0.15, 0.2) is 24.3 Å². The van der Waals surface area contributed by atoms with Crippen LogP contribution in [0.2, 0.25) is 0 Å². The highest BCUT2D eigenvalue weighted by Crippen LogP contribution is 2.20. The first kappa shape index (κ1) is 18.9. The molecule has 1 amide bonds. The number of benzene rings is 1. The summed E-state index contributed by atoms with van der Waals surface area (Å²) in [4.78, 5) is 16.6. The lowest BCUT2D eigenvalue weighted by Gasteiger charge is -2.32. The van der Waals surface area contributed by atoms with Gasteiger partial charge in [0, 0.05) is 13.6 Å². The van der Waals surface area contributed by atoms with Crippen molar-refractivity contribution in [2.24, 2.45) is 5.92 Å². The van der Waals surface area contributed by atoms with Crippen LogP contribution in [0.25, 0.3) is 0 Å². The third-order valence-corrected chi connectivity index (χ3v) is 5.15. The van der Waals surface area contributed by atoms with E-state index in [0.717, 1.165) is 32.0 Å². The van der Waals surface area contributed by atoms with Crippen LogP contribution in [0.5, 0.6) is 0 Å². The summed E-state index contributed by atoms with van der Waals surface area (Å²) in [5.41, 5.74) is 2.54. The Balaban J connectivity index is 1.73. The minimum Gasteiger partial charge on any atom is -0.340 e. The molecular weight excluding hydrogens is 298 g/mol. The molecule has 1 aliphatic heterocycles. The molecule has 0 aromatic heterocycles. The third kappa shape index (κ3) is 5.91. The first-order chi connectivity index (χ1) is 11.6. The number of hydrogen-bond acceptors (Lipinski definition) is 3. The minimum atomic E-state index is 0.225. The molecule has 1 N–H and O–H groups in total. The van der Waals surface area contributed by atoms with E-state index in [9.17, 15) is 4.79 Å². The lowest BCUT2D eigenvalue weighted by Crippen LogP contribution is -2.42. The molecule has 2 rings (SSSR count). The zero-order valence-electron chi connectivity index (χ0n) is 15.6. The molecular formula is C20H33N3O. The van der Waals surface area contributed by atoms with Gasteiger partial charge in [-0.1, -0.05) is 31.2 Å². The Kier molecular flexibility index (Phi) is 7.73. The van der Waals surface area contributed by atoms with Crippen molar-refractivity contribution in [2.45, 2.75) is 39.2 Å². The van der Waals surface area contributed by atoms with Crippen molar-refractivity contribution in [1.29, 1.82) is 0 Å². The standard InChI is InChI=1S/C20H33N3O/c1-4-17-5-7-19(8-6-17)15-22(3)20(24)16-23-13-10-18(11-14-23)9-12-21-2/h5-8,18,21H,4,9-16H2,1-3H3. The quantitative estimate of drug-likeness (QED) is 0.795. The van der Waals surface area contributed by atoms with E-state index in [4.69, 9.17) is 0 Å². The topological polar surface area (TPSA) is 35.6 Å². The van der Waals surface area contributed by atoms with Gasteiger partial charge in [0.25, 0.3) is 0 Å². The molecule has 1 heterocycles. The molecule has 1 fully saturated rings. The summed E-state index contributed by atoms with van der Waals surface area (Å²) >= 11 is 0. The number of likely N-dealkylation sites (N-methyl/N-ethyl adjacent to an activating group) is 1. The highest BCUT2D eigenvalue weighted by Gasteiger charge is 2.21. The van der Waals surface area contributed by atoms with Crippen molar-refractivity contribution in [2.75, 3.05) is 40.3 Å². The first-order valence-corrected chi connectivity index (χ1v) is 9.31. The number of piperidine rings is 1. The van der Waals surface area contributed by atoms with E-state index in [-0.39, 0.29) is 5.91 Å². The number of likely N-dealkylation sites (tertiary alicyclic amines) is 1.